The molecule has 0 aliphatic carbocycles. The highest BCUT2D eigenvalue weighted by molar-refractivity contribution is 8.00. The van der Waals surface area contributed by atoms with E-state index in [2.05, 4.69) is 10.2 Å². The molecule has 6 nitrogen and oxygen atoms in total. The standard InChI is InChI=1S/C18H21ClN4O2S/c1-11(26-16-7-3-2-6-13(16)19)18(25)23-8-4-5-12(10-23)14-9-15(17(20)24)22-21-14/h2-3,6-7,9,11-12H,4-5,8,10H2,1H3,(H2,20,24)(H,21,22). The molecule has 3 rings (SSSR count). The van der Waals surface area contributed by atoms with E-state index >= 15 is 0 Å². The number of rotatable bonds is 5. The van der Waals surface area contributed by atoms with Crippen molar-refractivity contribution in [3.63, 3.8) is 0 Å². The maximum Gasteiger partial charge on any atom is 0.269 e. The molecule has 138 valence electrons. The van der Waals surface area contributed by atoms with Crippen LogP contribution < -0.4 is 5.73 Å². The van der Waals surface area contributed by atoms with Crippen LogP contribution in [0.1, 0.15) is 41.9 Å². The first kappa shape index (κ1) is 18.8. The van der Waals surface area contributed by atoms with Gasteiger partial charge in [0.15, 0.2) is 0 Å². The molecule has 2 amide bonds. The lowest BCUT2D eigenvalue weighted by atomic mass is 9.94. The van der Waals surface area contributed by atoms with E-state index in [1.54, 1.807) is 6.07 Å². The summed E-state index contributed by atoms with van der Waals surface area (Å²) in [4.78, 5) is 26.9. The molecule has 3 N–H and O–H groups in total. The minimum atomic E-state index is -0.555. The third-order valence-electron chi connectivity index (χ3n) is 4.51. The first-order valence-electron chi connectivity index (χ1n) is 8.50. The molecule has 2 heterocycles. The van der Waals surface area contributed by atoms with Crippen molar-refractivity contribution < 1.29 is 9.59 Å². The van der Waals surface area contributed by atoms with Gasteiger partial charge in [0.2, 0.25) is 5.91 Å². The summed E-state index contributed by atoms with van der Waals surface area (Å²) in [5.74, 6) is -0.332. The number of hydrogen-bond acceptors (Lipinski definition) is 4. The van der Waals surface area contributed by atoms with Gasteiger partial charge in [0.25, 0.3) is 5.91 Å². The second-order valence-electron chi connectivity index (χ2n) is 6.39. The minimum Gasteiger partial charge on any atom is -0.364 e. The monoisotopic (exact) mass is 392 g/mol. The Balaban J connectivity index is 1.65. The summed E-state index contributed by atoms with van der Waals surface area (Å²) >= 11 is 7.67. The molecular weight excluding hydrogens is 372 g/mol. The van der Waals surface area contributed by atoms with Crippen molar-refractivity contribution >= 4 is 35.2 Å². The van der Waals surface area contributed by atoms with Crippen molar-refractivity contribution in [2.24, 2.45) is 5.73 Å². The number of H-pyrrole nitrogens is 1. The molecular formula is C18H21ClN4O2S. The van der Waals surface area contributed by atoms with E-state index in [4.69, 9.17) is 17.3 Å². The number of thioether (sulfide) groups is 1. The van der Waals surface area contributed by atoms with E-state index in [1.807, 2.05) is 36.1 Å². The van der Waals surface area contributed by atoms with E-state index in [1.165, 1.54) is 11.8 Å². The van der Waals surface area contributed by atoms with Crippen molar-refractivity contribution in [1.29, 1.82) is 0 Å². The average Bonchev–Trinajstić information content (AvgIpc) is 3.13. The lowest BCUT2D eigenvalue weighted by molar-refractivity contribution is -0.131. The van der Waals surface area contributed by atoms with Crippen LogP contribution in [0.15, 0.2) is 35.2 Å². The SMILES string of the molecule is CC(Sc1ccccc1Cl)C(=O)N1CCCC(c2cc(C(N)=O)n[nH]2)C1. The number of carbonyl (C=O) groups excluding carboxylic acids is 2. The Hall–Kier alpha value is -1.99. The number of nitrogens with zero attached hydrogens (tertiary/aromatic N) is 2. The Morgan fingerprint density at radius 1 is 1.42 bits per heavy atom. The van der Waals surface area contributed by atoms with Crippen LogP contribution in [0, 0.1) is 0 Å². The molecule has 2 atom stereocenters. The Morgan fingerprint density at radius 3 is 2.88 bits per heavy atom. The van der Waals surface area contributed by atoms with Crippen molar-refractivity contribution in [1.82, 2.24) is 15.1 Å². The van der Waals surface area contributed by atoms with Gasteiger partial charge < -0.3 is 10.6 Å². The second-order valence-corrected chi connectivity index (χ2v) is 8.18. The molecule has 2 unspecified atom stereocenters. The molecule has 0 bridgehead atoms. The van der Waals surface area contributed by atoms with Crippen molar-refractivity contribution in [3.8, 4) is 0 Å². The first-order valence-corrected chi connectivity index (χ1v) is 9.76. The van der Waals surface area contributed by atoms with Crippen LogP contribution >= 0.6 is 23.4 Å². The lowest BCUT2D eigenvalue weighted by Gasteiger charge is -2.33. The minimum absolute atomic E-state index is 0.0919. The van der Waals surface area contributed by atoms with E-state index in [0.717, 1.165) is 30.0 Å². The number of primary amides is 1. The van der Waals surface area contributed by atoms with Crippen LogP contribution in [0.2, 0.25) is 5.02 Å². The van der Waals surface area contributed by atoms with E-state index in [0.29, 0.717) is 11.6 Å². The summed E-state index contributed by atoms with van der Waals surface area (Å²) in [6.45, 7) is 3.24. The second kappa shape index (κ2) is 8.14. The summed E-state index contributed by atoms with van der Waals surface area (Å²) in [7, 11) is 0. The van der Waals surface area contributed by atoms with Gasteiger partial charge in [0.05, 0.1) is 10.3 Å². The van der Waals surface area contributed by atoms with Crippen LogP contribution in [-0.4, -0.2) is 45.3 Å². The van der Waals surface area contributed by atoms with Gasteiger partial charge in [-0.05, 0) is 38.0 Å². The number of likely N-dealkylation sites (tertiary alicyclic amines) is 1. The molecule has 0 radical (unpaired) electrons. The predicted molar refractivity (Wildman–Crippen MR) is 102 cm³/mol. The van der Waals surface area contributed by atoms with E-state index < -0.39 is 5.91 Å². The van der Waals surface area contributed by atoms with Gasteiger partial charge in [0, 0.05) is 29.6 Å². The van der Waals surface area contributed by atoms with Gasteiger partial charge in [-0.2, -0.15) is 5.10 Å². The molecule has 26 heavy (non-hydrogen) atoms. The maximum atomic E-state index is 12.9. The highest BCUT2D eigenvalue weighted by atomic mass is 35.5. The molecule has 1 aliphatic rings. The van der Waals surface area contributed by atoms with Crippen LogP contribution in [0.4, 0.5) is 0 Å². The topological polar surface area (TPSA) is 92.1 Å². The number of amides is 2. The smallest absolute Gasteiger partial charge is 0.269 e. The molecule has 0 spiro atoms. The zero-order valence-corrected chi connectivity index (χ0v) is 16.0. The summed E-state index contributed by atoms with van der Waals surface area (Å²) in [6, 6.07) is 9.22. The maximum absolute atomic E-state index is 12.9. The van der Waals surface area contributed by atoms with Crippen molar-refractivity contribution in [3.05, 3.63) is 46.7 Å². The number of nitrogens with one attached hydrogen (secondary N) is 1. The quantitative estimate of drug-likeness (QED) is 0.765. The molecule has 2 aromatic rings. The van der Waals surface area contributed by atoms with Gasteiger partial charge in [0.1, 0.15) is 5.69 Å². The van der Waals surface area contributed by atoms with Gasteiger partial charge >= 0.3 is 0 Å². The molecule has 0 saturated carbocycles. The predicted octanol–water partition coefficient (Wildman–Crippen LogP) is 3.05. The number of nitrogens with two attached hydrogens (primary N) is 1. The number of benzene rings is 1. The largest absolute Gasteiger partial charge is 0.364 e. The first-order chi connectivity index (χ1) is 12.5. The van der Waals surface area contributed by atoms with E-state index in [-0.39, 0.29) is 22.8 Å². The zero-order valence-electron chi connectivity index (χ0n) is 14.4. The van der Waals surface area contributed by atoms with Crippen LogP contribution in [0.3, 0.4) is 0 Å². The van der Waals surface area contributed by atoms with Crippen LogP contribution in [0.5, 0.6) is 0 Å². The van der Waals surface area contributed by atoms with E-state index in [9.17, 15) is 9.59 Å². The fourth-order valence-corrected chi connectivity index (χ4v) is 4.38. The fourth-order valence-electron chi connectivity index (χ4n) is 3.14. The fraction of sp³-hybridized carbons (Fsp3) is 0.389. The number of aromatic amines is 1. The molecule has 1 aromatic carbocycles. The number of carbonyl (C=O) groups is 2. The van der Waals surface area contributed by atoms with Gasteiger partial charge in [-0.15, -0.1) is 11.8 Å². The Bertz CT molecular complexity index is 810. The Morgan fingerprint density at radius 2 is 2.19 bits per heavy atom. The molecule has 8 heteroatoms. The van der Waals surface area contributed by atoms with Gasteiger partial charge in [-0.3, -0.25) is 14.7 Å². The third-order valence-corrected chi connectivity index (χ3v) is 6.12. The molecule has 1 aromatic heterocycles. The number of aromatic nitrogens is 2. The Labute approximate surface area is 161 Å². The van der Waals surface area contributed by atoms with Gasteiger partial charge in [-0.1, -0.05) is 23.7 Å². The molecule has 1 saturated heterocycles. The van der Waals surface area contributed by atoms with Crippen LogP contribution in [-0.2, 0) is 4.79 Å². The summed E-state index contributed by atoms with van der Waals surface area (Å²) < 4.78 is 0. The number of halogens is 1. The molecule has 1 aliphatic heterocycles. The summed E-state index contributed by atoms with van der Waals surface area (Å²) in [6.07, 6.45) is 1.85. The number of piperidine rings is 1. The van der Waals surface area contributed by atoms with Crippen molar-refractivity contribution in [2.45, 2.75) is 35.8 Å². The normalized spacial score (nSPS) is 18.5. The average molecular weight is 393 g/mol. The van der Waals surface area contributed by atoms with Crippen molar-refractivity contribution in [2.75, 3.05) is 13.1 Å². The highest BCUT2D eigenvalue weighted by Gasteiger charge is 2.29. The zero-order chi connectivity index (χ0) is 18.7. The number of hydrogen-bond donors (Lipinski definition) is 2. The lowest BCUT2D eigenvalue weighted by Crippen LogP contribution is -2.42. The third kappa shape index (κ3) is 4.22. The summed E-state index contributed by atoms with van der Waals surface area (Å²) in [5, 5.41) is 7.25. The highest BCUT2D eigenvalue weighted by Crippen LogP contribution is 2.32. The van der Waals surface area contributed by atoms with Crippen LogP contribution in [0.25, 0.3) is 0 Å². The Kier molecular flexibility index (Phi) is 5.88. The summed E-state index contributed by atoms with van der Waals surface area (Å²) in [5.41, 5.74) is 6.34. The van der Waals surface area contributed by atoms with Gasteiger partial charge in [-0.25, -0.2) is 0 Å². The molecule has 1 fully saturated rings.